The Balaban J connectivity index is 1.31. The number of likely N-dealkylation sites (N-methyl/N-ethyl adjacent to an activating group) is 1. The fourth-order valence-electron chi connectivity index (χ4n) is 6.26. The molecule has 0 spiro atoms. The molecule has 2 saturated heterocycles. The minimum atomic E-state index is -0.237. The Labute approximate surface area is 247 Å². The van der Waals surface area contributed by atoms with E-state index in [1.54, 1.807) is 4.90 Å². The molecule has 10 nitrogen and oxygen atoms in total. The van der Waals surface area contributed by atoms with Gasteiger partial charge in [0.15, 0.2) is 0 Å². The second kappa shape index (κ2) is 12.3. The van der Waals surface area contributed by atoms with Crippen molar-refractivity contribution in [3.05, 3.63) is 77.8 Å². The molecule has 0 saturated carbocycles. The third-order valence-corrected chi connectivity index (χ3v) is 8.41. The van der Waals surface area contributed by atoms with Gasteiger partial charge in [0.05, 0.1) is 18.8 Å². The van der Waals surface area contributed by atoms with Crippen LogP contribution < -0.4 is 14.5 Å². The highest BCUT2D eigenvalue weighted by atomic mass is 16.5. The Morgan fingerprint density at radius 1 is 1.12 bits per heavy atom. The fraction of sp³-hybridized carbons (Fsp3) is 0.438. The molecule has 4 heterocycles. The normalized spacial score (nSPS) is 21.1. The minimum Gasteiger partial charge on any atom is -0.461 e. The predicted octanol–water partition coefficient (Wildman–Crippen LogP) is 3.02. The van der Waals surface area contributed by atoms with Gasteiger partial charge in [-0.3, -0.25) is 4.79 Å². The maximum Gasteiger partial charge on any atom is 0.318 e. The highest BCUT2D eigenvalue weighted by molar-refractivity contribution is 5.94. The van der Waals surface area contributed by atoms with E-state index in [0.29, 0.717) is 45.4 Å². The van der Waals surface area contributed by atoms with Gasteiger partial charge in [-0.15, -0.1) is 0 Å². The van der Waals surface area contributed by atoms with Crippen molar-refractivity contribution < 1.29 is 14.3 Å². The highest BCUT2D eigenvalue weighted by Crippen LogP contribution is 2.34. The van der Waals surface area contributed by atoms with E-state index in [2.05, 4.69) is 75.6 Å². The molecule has 3 aromatic rings. The standard InChI is InChI=1S/C32H37N7O3/c1-4-30(40)39-15-14-38(19-24(39)18-33-2)31-27-12-13-37(29-11-7-9-23-8-5-6-10-26(23)29)21-28(27)34-32(35-31)42-22-25-20-36(3)16-17-41-25/h4-11,24-25H,1,12-22H2,3H3/t24?,25-/m0/s1. The first kappa shape index (κ1) is 27.9. The number of aromatic nitrogens is 2. The van der Waals surface area contributed by atoms with Crippen LogP contribution in [0.1, 0.15) is 11.3 Å². The van der Waals surface area contributed by atoms with Crippen LogP contribution in [0.25, 0.3) is 15.6 Å². The second-order valence-electron chi connectivity index (χ2n) is 11.2. The van der Waals surface area contributed by atoms with Gasteiger partial charge in [0.1, 0.15) is 24.6 Å². The molecular formula is C32H37N7O3. The zero-order valence-electron chi connectivity index (χ0n) is 24.1. The Morgan fingerprint density at radius 3 is 2.81 bits per heavy atom. The molecule has 3 aliphatic heterocycles. The van der Waals surface area contributed by atoms with Crippen LogP contribution in [0.4, 0.5) is 11.5 Å². The van der Waals surface area contributed by atoms with E-state index >= 15 is 0 Å². The summed E-state index contributed by atoms with van der Waals surface area (Å²) in [5, 5.41) is 2.43. The number of carbonyl (C=O) groups is 1. The number of morpholine rings is 1. The van der Waals surface area contributed by atoms with Gasteiger partial charge in [-0.2, -0.15) is 9.97 Å². The SMILES string of the molecule is [C-]#[N+]CC1CN(c2nc(OC[C@@H]3CN(C)CCO3)nc3c2CCN(c2cccc4ccccc24)C3)CCN1C(=O)C=C. The molecule has 10 heteroatoms. The van der Waals surface area contributed by atoms with Gasteiger partial charge in [0.2, 0.25) is 12.5 Å². The smallest absolute Gasteiger partial charge is 0.318 e. The van der Waals surface area contributed by atoms with E-state index in [9.17, 15) is 4.79 Å². The van der Waals surface area contributed by atoms with Crippen LogP contribution >= 0.6 is 0 Å². The number of amides is 1. The van der Waals surface area contributed by atoms with E-state index < -0.39 is 0 Å². The van der Waals surface area contributed by atoms with E-state index in [-0.39, 0.29) is 24.6 Å². The molecule has 2 atom stereocenters. The Kier molecular flexibility index (Phi) is 8.22. The van der Waals surface area contributed by atoms with Gasteiger partial charge in [-0.1, -0.05) is 43.0 Å². The largest absolute Gasteiger partial charge is 0.461 e. The number of fused-ring (bicyclic) bond motifs is 2. The molecule has 1 amide bonds. The summed E-state index contributed by atoms with van der Waals surface area (Å²) < 4.78 is 12.1. The summed E-state index contributed by atoms with van der Waals surface area (Å²) in [6, 6.07) is 15.0. The summed E-state index contributed by atoms with van der Waals surface area (Å²) in [4.78, 5) is 34.6. The molecule has 42 heavy (non-hydrogen) atoms. The van der Waals surface area contributed by atoms with Gasteiger partial charge in [-0.05, 0) is 31.0 Å². The second-order valence-corrected chi connectivity index (χ2v) is 11.2. The van der Waals surface area contributed by atoms with Gasteiger partial charge in [-0.25, -0.2) is 6.57 Å². The number of benzene rings is 2. The Morgan fingerprint density at radius 2 is 1.98 bits per heavy atom. The number of piperazine rings is 1. The summed E-state index contributed by atoms with van der Waals surface area (Å²) in [5.41, 5.74) is 3.24. The first-order chi connectivity index (χ1) is 20.5. The van der Waals surface area contributed by atoms with Crippen LogP contribution in [0.5, 0.6) is 6.01 Å². The lowest BCUT2D eigenvalue weighted by Gasteiger charge is -2.41. The van der Waals surface area contributed by atoms with Crippen molar-refractivity contribution in [2.45, 2.75) is 25.1 Å². The van der Waals surface area contributed by atoms with Crippen LogP contribution in [0.3, 0.4) is 0 Å². The van der Waals surface area contributed by atoms with Crippen molar-refractivity contribution >= 4 is 28.2 Å². The summed E-state index contributed by atoms with van der Waals surface area (Å²) in [5.74, 6) is 0.704. The van der Waals surface area contributed by atoms with Gasteiger partial charge >= 0.3 is 6.01 Å². The van der Waals surface area contributed by atoms with Crippen molar-refractivity contribution in [2.75, 3.05) is 75.9 Å². The first-order valence-electron chi connectivity index (χ1n) is 14.6. The van der Waals surface area contributed by atoms with E-state index in [1.165, 1.54) is 22.5 Å². The molecule has 0 N–H and O–H groups in total. The lowest BCUT2D eigenvalue weighted by Crippen LogP contribution is -2.56. The zero-order valence-corrected chi connectivity index (χ0v) is 24.1. The summed E-state index contributed by atoms with van der Waals surface area (Å²) in [6.07, 6.45) is 2.07. The Hall–Kier alpha value is -4.20. The molecule has 0 aliphatic carbocycles. The third-order valence-electron chi connectivity index (χ3n) is 8.41. The van der Waals surface area contributed by atoms with Gasteiger partial charge < -0.3 is 33.9 Å². The number of ether oxygens (including phenoxy) is 2. The third kappa shape index (κ3) is 5.75. The van der Waals surface area contributed by atoms with Crippen molar-refractivity contribution in [1.29, 1.82) is 0 Å². The number of nitrogens with zero attached hydrogens (tertiary/aromatic N) is 7. The molecule has 0 radical (unpaired) electrons. The maximum atomic E-state index is 12.5. The van der Waals surface area contributed by atoms with Crippen molar-refractivity contribution in [1.82, 2.24) is 19.8 Å². The van der Waals surface area contributed by atoms with E-state index in [0.717, 1.165) is 43.1 Å². The average Bonchev–Trinajstić information content (AvgIpc) is 3.02. The molecule has 2 fully saturated rings. The number of hydrogen-bond donors (Lipinski definition) is 0. The molecule has 6 rings (SSSR count). The summed E-state index contributed by atoms with van der Waals surface area (Å²) in [7, 11) is 2.08. The minimum absolute atomic E-state index is 0.0458. The van der Waals surface area contributed by atoms with E-state index in [4.69, 9.17) is 26.0 Å². The Bertz CT molecular complexity index is 1500. The first-order valence-corrected chi connectivity index (χ1v) is 14.6. The lowest BCUT2D eigenvalue weighted by atomic mass is 10.0. The summed E-state index contributed by atoms with van der Waals surface area (Å²) in [6.45, 7) is 17.2. The van der Waals surface area contributed by atoms with E-state index in [1.807, 2.05) is 0 Å². The molecule has 218 valence electrons. The van der Waals surface area contributed by atoms with Crippen LogP contribution in [-0.4, -0.2) is 104 Å². The van der Waals surface area contributed by atoms with Gasteiger partial charge in [0, 0.05) is 55.9 Å². The molecule has 1 aromatic heterocycles. The van der Waals surface area contributed by atoms with Crippen LogP contribution in [0.15, 0.2) is 55.1 Å². The van der Waals surface area contributed by atoms with Crippen molar-refractivity contribution in [3.63, 3.8) is 0 Å². The molecule has 1 unspecified atom stereocenters. The monoisotopic (exact) mass is 567 g/mol. The fourth-order valence-corrected chi connectivity index (χ4v) is 6.26. The van der Waals surface area contributed by atoms with Gasteiger partial charge in [0.25, 0.3) is 0 Å². The molecule has 3 aliphatic rings. The summed E-state index contributed by atoms with van der Waals surface area (Å²) >= 11 is 0. The zero-order chi connectivity index (χ0) is 29.1. The average molecular weight is 568 g/mol. The maximum absolute atomic E-state index is 12.5. The van der Waals surface area contributed by atoms with Crippen molar-refractivity contribution in [3.8, 4) is 6.01 Å². The number of hydrogen-bond acceptors (Lipinski definition) is 8. The molecular weight excluding hydrogens is 530 g/mol. The quantitative estimate of drug-likeness (QED) is 0.319. The number of carbonyl (C=O) groups excluding carboxylic acids is 1. The van der Waals surface area contributed by atoms with Crippen LogP contribution in [0.2, 0.25) is 0 Å². The van der Waals surface area contributed by atoms with Crippen molar-refractivity contribution in [2.24, 2.45) is 0 Å². The highest BCUT2D eigenvalue weighted by Gasteiger charge is 2.35. The molecule has 2 aromatic carbocycles. The van der Waals surface area contributed by atoms with Crippen LogP contribution in [0, 0.1) is 6.57 Å². The topological polar surface area (TPSA) is 78.6 Å². The number of rotatable bonds is 7. The molecule has 0 bridgehead atoms. The lowest BCUT2D eigenvalue weighted by molar-refractivity contribution is -0.128. The number of anilines is 2. The predicted molar refractivity (Wildman–Crippen MR) is 163 cm³/mol. The van der Waals surface area contributed by atoms with Crippen LogP contribution in [-0.2, 0) is 22.5 Å².